The summed E-state index contributed by atoms with van der Waals surface area (Å²) in [5.41, 5.74) is 16.2. The number of aliphatic hydroxyl groups excluding tert-OH is 1. The minimum Gasteiger partial charge on any atom is -0.481 e. The molecule has 0 spiro atoms. The maximum Gasteiger partial charge on any atom is 0.327 e. The number of aliphatic imine (C=N–C) groups is 1. The second kappa shape index (κ2) is 21.6. The Balaban J connectivity index is 2.94. The fraction of sp³-hybridized carbons (Fsp3) is 0.654. The molecule has 0 aromatic rings. The first-order chi connectivity index (χ1) is 23.1. The fourth-order valence-electron chi connectivity index (χ4n) is 4.47. The molecule has 0 bridgehead atoms. The largest absolute Gasteiger partial charge is 0.481 e. The second-order valence-electron chi connectivity index (χ2n) is 10.8. The maximum absolute atomic E-state index is 13.2. The number of guanidine groups is 1. The molecular formula is C26H44N10O11S2. The number of nitrogens with zero attached hydrogens (tertiary/aromatic N) is 2. The van der Waals surface area contributed by atoms with E-state index in [2.05, 4.69) is 56.8 Å². The summed E-state index contributed by atoms with van der Waals surface area (Å²) in [6, 6.07) is -8.12. The molecule has 0 unspecified atom stereocenters. The standard InChI is InChI=1S/C26H44N10O11S2/c27-12(10-48)20(41)33-13(3-1-5-30-26(28)29)21(42)31-8-18(38)32-14(7-19(39)40)22(43)34-15(9-37)24(45)36-6-2-4-17(36)23(44)35-16(11-49)25(46)47/h12-17,37,48-49H,1-11,27H2,(H,31,42)(H,32,38)(H,33,41)(H,34,43)(H,35,44)(H,39,40)(H,46,47)(H4,28,29,30)/t12-,13+,14+,15+,16-,17+/m1/s1. The minimum atomic E-state index is -1.78. The number of likely N-dealkylation sites (tertiary alicyclic amines) is 1. The van der Waals surface area contributed by atoms with Gasteiger partial charge in [0.1, 0.15) is 30.2 Å². The van der Waals surface area contributed by atoms with E-state index >= 15 is 0 Å². The molecule has 1 saturated heterocycles. The van der Waals surface area contributed by atoms with Gasteiger partial charge in [-0.1, -0.05) is 0 Å². The smallest absolute Gasteiger partial charge is 0.327 e. The Morgan fingerprint density at radius 1 is 0.857 bits per heavy atom. The molecule has 1 fully saturated rings. The Labute approximate surface area is 291 Å². The number of nitrogens with one attached hydrogen (secondary N) is 5. The van der Waals surface area contributed by atoms with Crippen molar-refractivity contribution in [2.24, 2.45) is 22.2 Å². The number of rotatable bonds is 21. The highest BCUT2D eigenvalue weighted by Gasteiger charge is 2.39. The van der Waals surface area contributed by atoms with Gasteiger partial charge in [-0.25, -0.2) is 4.79 Å². The average Bonchev–Trinajstić information content (AvgIpc) is 3.54. The van der Waals surface area contributed by atoms with E-state index in [9.17, 15) is 53.7 Å². The van der Waals surface area contributed by atoms with Gasteiger partial charge < -0.3 is 64.0 Å². The monoisotopic (exact) mass is 736 g/mol. The first kappa shape index (κ1) is 42.7. The number of carboxylic acids is 2. The molecule has 1 aliphatic rings. The predicted molar refractivity (Wildman–Crippen MR) is 178 cm³/mol. The van der Waals surface area contributed by atoms with E-state index in [1.807, 2.05) is 0 Å². The topological polar surface area (TPSA) is 351 Å². The van der Waals surface area contributed by atoms with Crippen molar-refractivity contribution in [3.05, 3.63) is 0 Å². The van der Waals surface area contributed by atoms with Crippen LogP contribution >= 0.6 is 25.3 Å². The van der Waals surface area contributed by atoms with Crippen molar-refractivity contribution in [1.82, 2.24) is 31.5 Å². The number of carbonyl (C=O) groups excluding carboxylic acids is 6. The number of hydrogen-bond acceptors (Lipinski definition) is 13. The van der Waals surface area contributed by atoms with Crippen LogP contribution in [0, 0.1) is 0 Å². The molecule has 6 atom stereocenters. The van der Waals surface area contributed by atoms with Crippen molar-refractivity contribution in [2.75, 3.05) is 37.7 Å². The van der Waals surface area contributed by atoms with Crippen molar-refractivity contribution in [3.63, 3.8) is 0 Å². The molecule has 276 valence electrons. The molecule has 0 radical (unpaired) electrons. The first-order valence-corrected chi connectivity index (χ1v) is 16.2. The summed E-state index contributed by atoms with van der Waals surface area (Å²) in [5.74, 6) is -8.71. The van der Waals surface area contributed by atoms with Crippen LogP contribution in [-0.4, -0.2) is 148 Å². The minimum absolute atomic E-state index is 0.0239. The molecule has 49 heavy (non-hydrogen) atoms. The van der Waals surface area contributed by atoms with Gasteiger partial charge in [-0.3, -0.25) is 38.6 Å². The molecule has 14 N–H and O–H groups in total. The van der Waals surface area contributed by atoms with Crippen LogP contribution in [0.5, 0.6) is 0 Å². The number of aliphatic hydroxyl groups is 1. The lowest BCUT2D eigenvalue weighted by Crippen LogP contribution is -2.59. The van der Waals surface area contributed by atoms with Gasteiger partial charge in [-0.15, -0.1) is 0 Å². The summed E-state index contributed by atoms with van der Waals surface area (Å²) >= 11 is 7.82. The summed E-state index contributed by atoms with van der Waals surface area (Å²) in [6.45, 7) is -1.58. The van der Waals surface area contributed by atoms with Gasteiger partial charge in [0, 0.05) is 24.6 Å². The Morgan fingerprint density at radius 3 is 2.06 bits per heavy atom. The fourth-order valence-corrected chi connectivity index (χ4v) is 4.88. The zero-order valence-corrected chi connectivity index (χ0v) is 28.2. The number of hydrogen-bond donors (Lipinski definition) is 13. The van der Waals surface area contributed by atoms with Crippen LogP contribution in [0.3, 0.4) is 0 Å². The Morgan fingerprint density at radius 2 is 1.51 bits per heavy atom. The molecule has 1 aliphatic heterocycles. The van der Waals surface area contributed by atoms with Crippen molar-refractivity contribution in [3.8, 4) is 0 Å². The van der Waals surface area contributed by atoms with Gasteiger partial charge in [0.05, 0.1) is 25.6 Å². The van der Waals surface area contributed by atoms with Crippen LogP contribution in [0.2, 0.25) is 0 Å². The molecule has 1 rings (SSSR count). The van der Waals surface area contributed by atoms with Crippen LogP contribution in [0.15, 0.2) is 4.99 Å². The third kappa shape index (κ3) is 14.7. The predicted octanol–water partition coefficient (Wildman–Crippen LogP) is -6.18. The van der Waals surface area contributed by atoms with Gasteiger partial charge in [0.25, 0.3) is 0 Å². The Kier molecular flexibility index (Phi) is 18.8. The van der Waals surface area contributed by atoms with E-state index < -0.39 is 103 Å². The van der Waals surface area contributed by atoms with Crippen LogP contribution in [-0.2, 0) is 38.4 Å². The maximum atomic E-state index is 13.2. The molecule has 0 aromatic heterocycles. The lowest BCUT2D eigenvalue weighted by molar-refractivity contribution is -0.145. The molecule has 0 aromatic carbocycles. The zero-order valence-electron chi connectivity index (χ0n) is 26.4. The zero-order chi connectivity index (χ0) is 37.3. The van der Waals surface area contributed by atoms with Crippen molar-refractivity contribution >= 4 is 78.6 Å². The second-order valence-corrected chi connectivity index (χ2v) is 11.5. The number of amides is 6. The SMILES string of the molecule is NC(N)=NCCC[C@H](NC(=O)[C@H](N)CS)C(=O)NCC(=O)N[C@@H](CC(=O)O)C(=O)N[C@@H](CO)C(=O)N1CCC[C@H]1C(=O)N[C@H](CS)C(=O)O. The summed E-state index contributed by atoms with van der Waals surface area (Å²) in [5, 5.41) is 39.7. The summed E-state index contributed by atoms with van der Waals surface area (Å²) in [6.07, 6.45) is -0.177. The highest BCUT2D eigenvalue weighted by molar-refractivity contribution is 7.80. The third-order valence-corrected chi connectivity index (χ3v) is 7.76. The van der Waals surface area contributed by atoms with E-state index in [1.165, 1.54) is 0 Å². The van der Waals surface area contributed by atoms with Crippen LogP contribution in [0.25, 0.3) is 0 Å². The Bertz CT molecular complexity index is 1250. The molecular weight excluding hydrogens is 692 g/mol. The molecule has 23 heteroatoms. The quantitative estimate of drug-likeness (QED) is 0.0226. The van der Waals surface area contributed by atoms with Gasteiger partial charge in [0.15, 0.2) is 5.96 Å². The lowest BCUT2D eigenvalue weighted by atomic mass is 10.1. The van der Waals surface area contributed by atoms with Crippen molar-refractivity contribution in [1.29, 1.82) is 0 Å². The number of aliphatic carboxylic acids is 2. The number of nitrogens with two attached hydrogens (primary N) is 3. The highest BCUT2D eigenvalue weighted by Crippen LogP contribution is 2.19. The molecule has 6 amide bonds. The van der Waals surface area contributed by atoms with Gasteiger partial charge in [0.2, 0.25) is 35.4 Å². The van der Waals surface area contributed by atoms with E-state index in [4.69, 9.17) is 17.2 Å². The van der Waals surface area contributed by atoms with E-state index in [-0.39, 0.29) is 49.8 Å². The number of carbonyl (C=O) groups is 8. The Hall–Kier alpha value is -4.35. The molecule has 0 saturated carbocycles. The van der Waals surface area contributed by atoms with E-state index in [0.717, 1.165) is 4.90 Å². The summed E-state index contributed by atoms with van der Waals surface area (Å²) in [7, 11) is 0. The number of thiol groups is 2. The van der Waals surface area contributed by atoms with Crippen LogP contribution in [0.1, 0.15) is 32.1 Å². The van der Waals surface area contributed by atoms with Gasteiger partial charge in [-0.2, -0.15) is 25.3 Å². The van der Waals surface area contributed by atoms with Gasteiger partial charge in [-0.05, 0) is 25.7 Å². The summed E-state index contributed by atoms with van der Waals surface area (Å²) < 4.78 is 0. The molecule has 0 aliphatic carbocycles. The van der Waals surface area contributed by atoms with Crippen molar-refractivity contribution in [2.45, 2.75) is 68.4 Å². The van der Waals surface area contributed by atoms with E-state index in [1.54, 1.807) is 0 Å². The third-order valence-electron chi connectivity index (χ3n) is 7.00. The van der Waals surface area contributed by atoms with Crippen LogP contribution in [0.4, 0.5) is 0 Å². The molecule has 21 nitrogen and oxygen atoms in total. The van der Waals surface area contributed by atoms with Crippen molar-refractivity contribution < 1.29 is 53.7 Å². The summed E-state index contributed by atoms with van der Waals surface area (Å²) in [4.78, 5) is 104. The lowest BCUT2D eigenvalue weighted by Gasteiger charge is -2.29. The normalized spacial score (nSPS) is 16.9. The molecule has 1 heterocycles. The average molecular weight is 737 g/mol. The number of carboxylic acid groups (broad SMARTS) is 2. The highest BCUT2D eigenvalue weighted by atomic mass is 32.1. The van der Waals surface area contributed by atoms with Crippen LogP contribution < -0.4 is 43.8 Å². The van der Waals surface area contributed by atoms with Gasteiger partial charge >= 0.3 is 11.9 Å². The first-order valence-electron chi connectivity index (χ1n) is 14.9. The van der Waals surface area contributed by atoms with E-state index in [0.29, 0.717) is 6.42 Å².